The lowest BCUT2D eigenvalue weighted by molar-refractivity contribution is -0.140. The van der Waals surface area contributed by atoms with Crippen LogP contribution in [0.5, 0.6) is 11.5 Å². The van der Waals surface area contributed by atoms with Gasteiger partial charge in [0.05, 0.1) is 5.56 Å². The van der Waals surface area contributed by atoms with E-state index >= 15 is 0 Å². The highest BCUT2D eigenvalue weighted by atomic mass is 19.4. The number of carbonyl (C=O) groups is 1. The Morgan fingerprint density at radius 1 is 0.806 bits per heavy atom. The fourth-order valence-corrected chi connectivity index (χ4v) is 3.07. The molecule has 0 radical (unpaired) electrons. The van der Waals surface area contributed by atoms with Gasteiger partial charge in [-0.05, 0) is 23.3 Å². The summed E-state index contributed by atoms with van der Waals surface area (Å²) >= 11 is 0. The zero-order valence-electron chi connectivity index (χ0n) is 17.3. The largest absolute Gasteiger partial charge is 0.488 e. The van der Waals surface area contributed by atoms with Crippen LogP contribution >= 0.6 is 0 Å². The molecular formula is C25H23F3O3. The molecule has 0 aromatic heterocycles. The van der Waals surface area contributed by atoms with E-state index in [1.807, 2.05) is 6.07 Å². The van der Waals surface area contributed by atoms with Gasteiger partial charge < -0.3 is 9.47 Å². The Morgan fingerprint density at radius 3 is 1.81 bits per heavy atom. The smallest absolute Gasteiger partial charge is 0.423 e. The van der Waals surface area contributed by atoms with Gasteiger partial charge in [-0.1, -0.05) is 74.5 Å². The van der Waals surface area contributed by atoms with Gasteiger partial charge in [0, 0.05) is 5.92 Å². The summed E-state index contributed by atoms with van der Waals surface area (Å²) in [5.74, 6) is -1.79. The molecule has 0 aliphatic rings. The minimum atomic E-state index is -4.77. The number of rotatable bonds is 8. The van der Waals surface area contributed by atoms with E-state index in [0.717, 1.165) is 5.56 Å². The molecule has 3 aromatic rings. The Bertz CT molecular complexity index is 1010. The number of carbonyl (C=O) groups excluding carboxylic acids is 1. The van der Waals surface area contributed by atoms with Gasteiger partial charge in [-0.3, -0.25) is 4.79 Å². The van der Waals surface area contributed by atoms with Crippen LogP contribution in [0.2, 0.25) is 0 Å². The van der Waals surface area contributed by atoms with Gasteiger partial charge in [0.15, 0.2) is 5.78 Å². The van der Waals surface area contributed by atoms with Gasteiger partial charge in [-0.15, -0.1) is 0 Å². The summed E-state index contributed by atoms with van der Waals surface area (Å²) in [5, 5.41) is 0. The summed E-state index contributed by atoms with van der Waals surface area (Å²) in [7, 11) is 0. The first-order valence-corrected chi connectivity index (χ1v) is 9.89. The van der Waals surface area contributed by atoms with E-state index in [2.05, 4.69) is 0 Å². The van der Waals surface area contributed by atoms with Gasteiger partial charge in [0.1, 0.15) is 30.3 Å². The van der Waals surface area contributed by atoms with Gasteiger partial charge in [0.2, 0.25) is 0 Å². The lowest BCUT2D eigenvalue weighted by Gasteiger charge is -2.21. The summed E-state index contributed by atoms with van der Waals surface area (Å²) in [6, 6.07) is 20.3. The number of ketones is 1. The fraction of sp³-hybridized carbons (Fsp3) is 0.240. The summed E-state index contributed by atoms with van der Waals surface area (Å²) in [4.78, 5) is 12.7. The molecule has 0 saturated heterocycles. The second-order valence-electron chi connectivity index (χ2n) is 7.38. The van der Waals surface area contributed by atoms with Crippen LogP contribution in [0.3, 0.4) is 0 Å². The van der Waals surface area contributed by atoms with E-state index in [1.54, 1.807) is 68.4 Å². The van der Waals surface area contributed by atoms with Crippen molar-refractivity contribution in [2.45, 2.75) is 33.2 Å². The molecule has 0 bridgehead atoms. The van der Waals surface area contributed by atoms with E-state index in [9.17, 15) is 18.0 Å². The summed E-state index contributed by atoms with van der Waals surface area (Å²) in [6.07, 6.45) is -4.77. The molecule has 31 heavy (non-hydrogen) atoms. The maximum absolute atomic E-state index is 14.1. The van der Waals surface area contributed by atoms with E-state index in [-0.39, 0.29) is 24.5 Å². The van der Waals surface area contributed by atoms with Gasteiger partial charge in [0.25, 0.3) is 0 Å². The van der Waals surface area contributed by atoms with Crippen LogP contribution in [0.15, 0.2) is 72.8 Å². The van der Waals surface area contributed by atoms with Crippen molar-refractivity contribution in [2.24, 2.45) is 5.92 Å². The molecular weight excluding hydrogens is 405 g/mol. The number of ether oxygens (including phenoxy) is 2. The molecule has 0 spiro atoms. The lowest BCUT2D eigenvalue weighted by Crippen LogP contribution is -2.17. The molecule has 3 aromatic carbocycles. The number of benzene rings is 3. The van der Waals surface area contributed by atoms with Crippen molar-refractivity contribution in [3.8, 4) is 11.5 Å². The van der Waals surface area contributed by atoms with Gasteiger partial charge >= 0.3 is 6.18 Å². The standard InChI is InChI=1S/C25H23F3O3/c1-17(2)23(29)20-13-14-21(30-15-18-9-5-3-6-10-18)22(25(26,27)28)24(20)31-16-19-11-7-4-8-12-19/h3-14,17H,15-16H2,1-2H3. The van der Waals surface area contributed by atoms with E-state index in [4.69, 9.17) is 9.47 Å². The van der Waals surface area contributed by atoms with Crippen molar-refractivity contribution in [1.29, 1.82) is 0 Å². The highest BCUT2D eigenvalue weighted by Gasteiger charge is 2.40. The fourth-order valence-electron chi connectivity index (χ4n) is 3.07. The molecule has 0 aliphatic heterocycles. The average molecular weight is 428 g/mol. The third-order valence-electron chi connectivity index (χ3n) is 4.66. The van der Waals surface area contributed by atoms with Gasteiger partial charge in [-0.25, -0.2) is 0 Å². The molecule has 6 heteroatoms. The third-order valence-corrected chi connectivity index (χ3v) is 4.66. The van der Waals surface area contributed by atoms with Crippen LogP contribution in [0.25, 0.3) is 0 Å². The maximum Gasteiger partial charge on any atom is 0.423 e. The predicted molar refractivity (Wildman–Crippen MR) is 112 cm³/mol. The Balaban J connectivity index is 2.03. The molecule has 162 valence electrons. The zero-order valence-corrected chi connectivity index (χ0v) is 17.3. The van der Waals surface area contributed by atoms with Crippen LogP contribution < -0.4 is 9.47 Å². The average Bonchev–Trinajstić information content (AvgIpc) is 2.76. The molecule has 0 aliphatic carbocycles. The van der Waals surface area contributed by atoms with Crippen LogP contribution in [0, 0.1) is 5.92 Å². The maximum atomic E-state index is 14.1. The quantitative estimate of drug-likeness (QED) is 0.375. The molecule has 0 saturated carbocycles. The Morgan fingerprint density at radius 2 is 1.32 bits per heavy atom. The normalized spacial score (nSPS) is 11.4. The van der Waals surface area contributed by atoms with Crippen LogP contribution in [-0.2, 0) is 19.4 Å². The highest BCUT2D eigenvalue weighted by Crippen LogP contribution is 2.45. The minimum Gasteiger partial charge on any atom is -0.488 e. The van der Waals surface area contributed by atoms with Crippen molar-refractivity contribution in [1.82, 2.24) is 0 Å². The number of hydrogen-bond donors (Lipinski definition) is 0. The number of halogens is 3. The van der Waals surface area contributed by atoms with E-state index in [1.165, 1.54) is 12.1 Å². The Kier molecular flexibility index (Phi) is 7.00. The topological polar surface area (TPSA) is 35.5 Å². The van der Waals surface area contributed by atoms with Crippen molar-refractivity contribution in [2.75, 3.05) is 0 Å². The Hall–Kier alpha value is -3.28. The SMILES string of the molecule is CC(C)C(=O)c1ccc(OCc2ccccc2)c(C(F)(F)F)c1OCc1ccccc1. The molecule has 0 atom stereocenters. The molecule has 3 nitrogen and oxygen atoms in total. The molecule has 0 heterocycles. The molecule has 0 unspecified atom stereocenters. The van der Waals surface area contributed by atoms with Crippen LogP contribution in [-0.4, -0.2) is 5.78 Å². The van der Waals surface area contributed by atoms with Crippen molar-refractivity contribution in [3.05, 3.63) is 95.1 Å². The van der Waals surface area contributed by atoms with Crippen LogP contribution in [0.1, 0.15) is 40.9 Å². The first-order valence-electron chi connectivity index (χ1n) is 9.89. The first-order chi connectivity index (χ1) is 14.8. The molecule has 0 amide bonds. The monoisotopic (exact) mass is 428 g/mol. The van der Waals surface area contributed by atoms with Crippen molar-refractivity contribution in [3.63, 3.8) is 0 Å². The summed E-state index contributed by atoms with van der Waals surface area (Å²) in [5.41, 5.74) is 0.232. The van der Waals surface area contributed by atoms with Crippen molar-refractivity contribution >= 4 is 5.78 Å². The number of alkyl halides is 3. The molecule has 0 N–H and O–H groups in total. The lowest BCUT2D eigenvalue weighted by atomic mass is 9.97. The summed E-state index contributed by atoms with van der Waals surface area (Å²) < 4.78 is 53.6. The predicted octanol–water partition coefficient (Wildman–Crippen LogP) is 6.70. The number of Topliss-reactive ketones (excluding diaryl/α,β-unsaturated/α-hetero) is 1. The van der Waals surface area contributed by atoms with Crippen molar-refractivity contribution < 1.29 is 27.4 Å². The summed E-state index contributed by atoms with van der Waals surface area (Å²) in [6.45, 7) is 3.12. The van der Waals surface area contributed by atoms with E-state index in [0.29, 0.717) is 5.56 Å². The minimum absolute atomic E-state index is 0.0421. The van der Waals surface area contributed by atoms with Crippen LogP contribution in [0.4, 0.5) is 13.2 Å². The number of hydrogen-bond acceptors (Lipinski definition) is 3. The first kappa shape index (κ1) is 22.4. The zero-order chi connectivity index (χ0) is 22.4. The second-order valence-corrected chi connectivity index (χ2v) is 7.38. The second kappa shape index (κ2) is 9.69. The molecule has 0 fully saturated rings. The third kappa shape index (κ3) is 5.66. The van der Waals surface area contributed by atoms with Gasteiger partial charge in [-0.2, -0.15) is 13.2 Å². The Labute approximate surface area is 179 Å². The van der Waals surface area contributed by atoms with E-state index < -0.39 is 29.2 Å². The molecule has 3 rings (SSSR count). The highest BCUT2D eigenvalue weighted by molar-refractivity contribution is 6.00.